The number of nitrogens with zero attached hydrogens (tertiary/aromatic N) is 1. The van der Waals surface area contributed by atoms with Gasteiger partial charge in [-0.25, -0.2) is 4.99 Å². The molecule has 2 atom stereocenters. The topological polar surface area (TPSA) is 30.8 Å². The maximum atomic E-state index is 5.76. The lowest BCUT2D eigenvalue weighted by atomic mass is 10.2. The van der Waals surface area contributed by atoms with Crippen LogP contribution >= 0.6 is 15.9 Å². The molecule has 1 aromatic rings. The van der Waals surface area contributed by atoms with E-state index in [9.17, 15) is 0 Å². The Kier molecular flexibility index (Phi) is 3.84. The van der Waals surface area contributed by atoms with Gasteiger partial charge in [0.25, 0.3) is 0 Å². The molecule has 1 aromatic carbocycles. The Bertz CT molecular complexity index is 428. The Morgan fingerprint density at radius 2 is 2.18 bits per heavy atom. The van der Waals surface area contributed by atoms with Gasteiger partial charge >= 0.3 is 0 Å². The number of hydrogen-bond acceptors (Lipinski definition) is 3. The molecule has 0 radical (unpaired) electrons. The molecule has 1 aliphatic rings. The number of hydrogen-bond donors (Lipinski definition) is 0. The summed E-state index contributed by atoms with van der Waals surface area (Å²) in [4.78, 5) is 4.49. The fourth-order valence-corrected chi connectivity index (χ4v) is 2.18. The van der Waals surface area contributed by atoms with E-state index in [4.69, 9.17) is 9.47 Å². The maximum absolute atomic E-state index is 5.76. The second-order valence-electron chi connectivity index (χ2n) is 3.70. The first-order valence-corrected chi connectivity index (χ1v) is 6.48. The molecule has 0 aromatic heterocycles. The van der Waals surface area contributed by atoms with Crippen LogP contribution in [0.3, 0.4) is 0 Å². The van der Waals surface area contributed by atoms with Crippen LogP contribution in [-0.4, -0.2) is 30.5 Å². The minimum atomic E-state index is 0.0199. The molecule has 2 rings (SSSR count). The van der Waals surface area contributed by atoms with Crippen molar-refractivity contribution in [3.63, 3.8) is 0 Å². The van der Waals surface area contributed by atoms with Crippen LogP contribution in [0.5, 0.6) is 5.75 Å². The summed E-state index contributed by atoms with van der Waals surface area (Å²) in [5.41, 5.74) is 0.959. The molecular weight excluding hydrogens is 282 g/mol. The molecule has 0 unspecified atom stereocenters. The Hall–Kier alpha value is -1.29. The summed E-state index contributed by atoms with van der Waals surface area (Å²) < 4.78 is 10.9. The first-order valence-electron chi connectivity index (χ1n) is 5.36. The molecule has 0 amide bonds. The zero-order chi connectivity index (χ0) is 12.3. The number of alkyl halides is 1. The van der Waals surface area contributed by atoms with Gasteiger partial charge in [0.15, 0.2) is 0 Å². The summed E-state index contributed by atoms with van der Waals surface area (Å²) >= 11 is 3.41. The van der Waals surface area contributed by atoms with Gasteiger partial charge in [-0.15, -0.1) is 6.58 Å². The predicted octanol–water partition coefficient (Wildman–Crippen LogP) is 2.79. The average Bonchev–Trinajstić information content (AvgIpc) is 2.82. The Labute approximate surface area is 109 Å². The monoisotopic (exact) mass is 295 g/mol. The van der Waals surface area contributed by atoms with Crippen LogP contribution in [0.4, 0.5) is 0 Å². The highest BCUT2D eigenvalue weighted by Crippen LogP contribution is 2.21. The van der Waals surface area contributed by atoms with Gasteiger partial charge in [-0.3, -0.25) is 0 Å². The predicted molar refractivity (Wildman–Crippen MR) is 72.2 cm³/mol. The number of methoxy groups -OCH3 is 1. The minimum absolute atomic E-state index is 0.0199. The van der Waals surface area contributed by atoms with Crippen LogP contribution in [0.15, 0.2) is 41.9 Å². The molecule has 0 fully saturated rings. The van der Waals surface area contributed by atoms with Crippen molar-refractivity contribution in [3.05, 3.63) is 42.5 Å². The average molecular weight is 296 g/mol. The third-order valence-corrected chi connectivity index (χ3v) is 3.28. The molecule has 3 nitrogen and oxygen atoms in total. The van der Waals surface area contributed by atoms with E-state index in [-0.39, 0.29) is 12.1 Å². The molecule has 0 bridgehead atoms. The van der Waals surface area contributed by atoms with Crippen molar-refractivity contribution in [1.29, 1.82) is 0 Å². The Balaban J connectivity index is 2.20. The van der Waals surface area contributed by atoms with Crippen LogP contribution in [0.1, 0.15) is 5.56 Å². The van der Waals surface area contributed by atoms with Crippen molar-refractivity contribution in [2.24, 2.45) is 4.99 Å². The standard InChI is InChI=1S/C13H14BrNO2/c1-3-11-12(8-14)17-13(15-11)9-4-6-10(16-2)7-5-9/h3-7,11-12H,1,8H2,2H3/t11-,12-/m1/s1. The summed E-state index contributed by atoms with van der Waals surface area (Å²) in [5.74, 6) is 1.49. The van der Waals surface area contributed by atoms with E-state index in [0.717, 1.165) is 16.6 Å². The molecule has 0 N–H and O–H groups in total. The van der Waals surface area contributed by atoms with E-state index in [0.29, 0.717) is 5.90 Å². The van der Waals surface area contributed by atoms with E-state index in [1.54, 1.807) is 7.11 Å². The van der Waals surface area contributed by atoms with Crippen molar-refractivity contribution in [1.82, 2.24) is 0 Å². The third-order valence-electron chi connectivity index (χ3n) is 2.64. The Morgan fingerprint density at radius 3 is 2.65 bits per heavy atom. The normalized spacial score (nSPS) is 22.8. The van der Waals surface area contributed by atoms with E-state index in [2.05, 4.69) is 27.5 Å². The zero-order valence-corrected chi connectivity index (χ0v) is 11.2. The molecule has 0 spiro atoms. The maximum Gasteiger partial charge on any atom is 0.217 e. The van der Waals surface area contributed by atoms with Crippen molar-refractivity contribution in [2.75, 3.05) is 12.4 Å². The van der Waals surface area contributed by atoms with Gasteiger partial charge in [0.05, 0.1) is 7.11 Å². The van der Waals surface area contributed by atoms with Crippen molar-refractivity contribution in [3.8, 4) is 5.75 Å². The van der Waals surface area contributed by atoms with Gasteiger partial charge in [-0.1, -0.05) is 22.0 Å². The van der Waals surface area contributed by atoms with Crippen LogP contribution in [0.25, 0.3) is 0 Å². The van der Waals surface area contributed by atoms with Gasteiger partial charge in [0.2, 0.25) is 5.90 Å². The lowest BCUT2D eigenvalue weighted by molar-refractivity contribution is 0.233. The molecule has 17 heavy (non-hydrogen) atoms. The molecule has 0 saturated heterocycles. The number of benzene rings is 1. The van der Waals surface area contributed by atoms with Gasteiger partial charge in [0.1, 0.15) is 17.9 Å². The number of halogens is 1. The van der Waals surface area contributed by atoms with E-state index in [1.807, 2.05) is 30.3 Å². The highest BCUT2D eigenvalue weighted by molar-refractivity contribution is 9.09. The van der Waals surface area contributed by atoms with Crippen LogP contribution in [-0.2, 0) is 4.74 Å². The largest absolute Gasteiger partial charge is 0.497 e. The summed E-state index contributed by atoms with van der Waals surface area (Å²) in [6, 6.07) is 7.69. The van der Waals surface area contributed by atoms with Crippen LogP contribution < -0.4 is 4.74 Å². The number of aliphatic imine (C=N–C) groups is 1. The summed E-state index contributed by atoms with van der Waals surface area (Å²) in [5, 5.41) is 0.743. The number of rotatable bonds is 4. The van der Waals surface area contributed by atoms with Crippen LogP contribution in [0, 0.1) is 0 Å². The van der Waals surface area contributed by atoms with Crippen molar-refractivity contribution >= 4 is 21.8 Å². The van der Waals surface area contributed by atoms with Crippen molar-refractivity contribution < 1.29 is 9.47 Å². The Morgan fingerprint density at radius 1 is 1.47 bits per heavy atom. The molecule has 4 heteroatoms. The molecule has 1 heterocycles. The molecule has 0 saturated carbocycles. The fourth-order valence-electron chi connectivity index (χ4n) is 1.67. The zero-order valence-electron chi connectivity index (χ0n) is 9.60. The van der Waals surface area contributed by atoms with Gasteiger partial charge in [-0.2, -0.15) is 0 Å². The van der Waals surface area contributed by atoms with Crippen LogP contribution in [0.2, 0.25) is 0 Å². The summed E-state index contributed by atoms with van der Waals surface area (Å²) in [6.45, 7) is 3.77. The highest BCUT2D eigenvalue weighted by Gasteiger charge is 2.28. The molecular formula is C13H14BrNO2. The summed E-state index contributed by atoms with van der Waals surface area (Å²) in [7, 11) is 1.65. The van der Waals surface area contributed by atoms with E-state index >= 15 is 0 Å². The number of ether oxygens (including phenoxy) is 2. The first-order chi connectivity index (χ1) is 8.28. The highest BCUT2D eigenvalue weighted by atomic mass is 79.9. The fraction of sp³-hybridized carbons (Fsp3) is 0.308. The van der Waals surface area contributed by atoms with E-state index in [1.165, 1.54) is 0 Å². The molecule has 90 valence electrons. The quantitative estimate of drug-likeness (QED) is 0.632. The van der Waals surface area contributed by atoms with Gasteiger partial charge in [-0.05, 0) is 24.3 Å². The SMILES string of the molecule is C=C[C@H]1N=C(c2ccc(OC)cc2)O[C@@H]1CBr. The lowest BCUT2D eigenvalue weighted by Gasteiger charge is -2.11. The van der Waals surface area contributed by atoms with Gasteiger partial charge in [0, 0.05) is 10.9 Å². The lowest BCUT2D eigenvalue weighted by Crippen LogP contribution is -2.22. The van der Waals surface area contributed by atoms with Crippen molar-refractivity contribution in [2.45, 2.75) is 12.1 Å². The second-order valence-corrected chi connectivity index (χ2v) is 4.35. The van der Waals surface area contributed by atoms with Gasteiger partial charge < -0.3 is 9.47 Å². The minimum Gasteiger partial charge on any atom is -0.497 e. The van der Waals surface area contributed by atoms with E-state index < -0.39 is 0 Å². The molecule has 1 aliphatic heterocycles. The third kappa shape index (κ3) is 2.52. The first kappa shape index (κ1) is 12.2. The second kappa shape index (κ2) is 5.36. The summed E-state index contributed by atoms with van der Waals surface area (Å²) in [6.07, 6.45) is 1.84. The molecule has 0 aliphatic carbocycles. The smallest absolute Gasteiger partial charge is 0.217 e.